The molecule has 0 unspecified atom stereocenters. The third-order valence-electron chi connectivity index (χ3n) is 1.81. The number of hydrogen-bond donors (Lipinski definition) is 2. The van der Waals surface area contributed by atoms with Crippen LogP contribution in [0.4, 0.5) is 0 Å². The second kappa shape index (κ2) is 4.97. The molecule has 0 heterocycles. The lowest BCUT2D eigenvalue weighted by Gasteiger charge is -2.02. The number of aryl methyl sites for hydroxylation is 1. The second-order valence-electron chi connectivity index (χ2n) is 3.00. The summed E-state index contributed by atoms with van der Waals surface area (Å²) in [6, 6.07) is 4.65. The van der Waals surface area contributed by atoms with Crippen LogP contribution < -0.4 is 0 Å². The summed E-state index contributed by atoms with van der Waals surface area (Å²) in [6.07, 6.45) is 2.78. The van der Waals surface area contributed by atoms with Crippen LogP contribution in [-0.2, 0) is 6.42 Å². The van der Waals surface area contributed by atoms with Crippen molar-refractivity contribution in [2.45, 2.75) is 19.3 Å². The normalized spacial score (nSPS) is 10.2. The molecule has 1 rings (SSSR count). The Bertz CT molecular complexity index is 253. The van der Waals surface area contributed by atoms with E-state index in [1.54, 1.807) is 12.1 Å². The van der Waals surface area contributed by atoms with Crippen LogP contribution in [0.3, 0.4) is 0 Å². The highest BCUT2D eigenvalue weighted by Gasteiger charge is 1.98. The Morgan fingerprint density at radius 3 is 2.15 bits per heavy atom. The summed E-state index contributed by atoms with van der Waals surface area (Å²) in [5.74, 6) is 0.881. The largest absolute Gasteiger partial charge is 0.508 e. The zero-order valence-corrected chi connectivity index (χ0v) is 8.09. The molecule has 0 spiro atoms. The van der Waals surface area contributed by atoms with Crippen molar-refractivity contribution in [1.29, 1.82) is 0 Å². The van der Waals surface area contributed by atoms with Crippen molar-refractivity contribution in [3.8, 4) is 11.5 Å². The van der Waals surface area contributed by atoms with Crippen molar-refractivity contribution in [2.75, 3.05) is 5.88 Å². The van der Waals surface area contributed by atoms with Crippen molar-refractivity contribution >= 4 is 11.6 Å². The third-order valence-corrected chi connectivity index (χ3v) is 2.08. The molecule has 0 fully saturated rings. The Morgan fingerprint density at radius 1 is 1.00 bits per heavy atom. The van der Waals surface area contributed by atoms with Gasteiger partial charge >= 0.3 is 0 Å². The van der Waals surface area contributed by atoms with Crippen molar-refractivity contribution in [3.05, 3.63) is 23.8 Å². The molecule has 0 atom stereocenters. The van der Waals surface area contributed by atoms with Crippen LogP contribution in [-0.4, -0.2) is 16.1 Å². The quantitative estimate of drug-likeness (QED) is 0.580. The van der Waals surface area contributed by atoms with Crippen molar-refractivity contribution in [2.24, 2.45) is 0 Å². The van der Waals surface area contributed by atoms with Gasteiger partial charge in [0.15, 0.2) is 0 Å². The number of hydrogen-bond acceptors (Lipinski definition) is 2. The van der Waals surface area contributed by atoms with Crippen LogP contribution in [0.5, 0.6) is 11.5 Å². The molecule has 0 aliphatic carbocycles. The standard InChI is InChI=1S/C10H13ClO2/c11-4-2-1-3-8-5-9(12)7-10(13)6-8/h5-7,12-13H,1-4H2. The molecule has 2 N–H and O–H groups in total. The van der Waals surface area contributed by atoms with Gasteiger partial charge in [-0.05, 0) is 37.0 Å². The molecule has 3 heteroatoms. The fourth-order valence-electron chi connectivity index (χ4n) is 1.22. The summed E-state index contributed by atoms with van der Waals surface area (Å²) in [7, 11) is 0. The number of halogens is 1. The van der Waals surface area contributed by atoms with Crippen LogP contribution in [0.2, 0.25) is 0 Å². The monoisotopic (exact) mass is 200 g/mol. The summed E-state index contributed by atoms with van der Waals surface area (Å²) in [5.41, 5.74) is 0.947. The topological polar surface area (TPSA) is 40.5 Å². The number of phenols is 2. The first-order valence-corrected chi connectivity index (χ1v) is 4.83. The van der Waals surface area contributed by atoms with E-state index >= 15 is 0 Å². The van der Waals surface area contributed by atoms with E-state index in [1.807, 2.05) is 0 Å². The Morgan fingerprint density at radius 2 is 1.62 bits per heavy atom. The van der Waals surface area contributed by atoms with Gasteiger partial charge in [0.25, 0.3) is 0 Å². The van der Waals surface area contributed by atoms with E-state index in [2.05, 4.69) is 0 Å². The smallest absolute Gasteiger partial charge is 0.119 e. The molecule has 0 bridgehead atoms. The molecule has 0 saturated carbocycles. The maximum absolute atomic E-state index is 9.16. The number of phenolic OH excluding ortho intramolecular Hbond substituents is 2. The Balaban J connectivity index is 2.56. The van der Waals surface area contributed by atoms with Gasteiger partial charge in [0.05, 0.1) is 0 Å². The van der Waals surface area contributed by atoms with Crippen molar-refractivity contribution in [3.63, 3.8) is 0 Å². The van der Waals surface area contributed by atoms with Gasteiger partial charge in [0.2, 0.25) is 0 Å². The molecule has 2 nitrogen and oxygen atoms in total. The highest BCUT2D eigenvalue weighted by Crippen LogP contribution is 2.21. The minimum atomic E-state index is 0.112. The molecule has 0 amide bonds. The average Bonchev–Trinajstić information content (AvgIpc) is 2.03. The lowest BCUT2D eigenvalue weighted by molar-refractivity contribution is 0.449. The molecular weight excluding hydrogens is 188 g/mol. The van der Waals surface area contributed by atoms with E-state index in [0.717, 1.165) is 24.8 Å². The number of aromatic hydroxyl groups is 2. The predicted molar refractivity (Wildman–Crippen MR) is 53.4 cm³/mol. The molecule has 0 aliphatic rings. The minimum absolute atomic E-state index is 0.112. The maximum Gasteiger partial charge on any atom is 0.119 e. The second-order valence-corrected chi connectivity index (χ2v) is 3.38. The zero-order chi connectivity index (χ0) is 9.68. The molecule has 1 aromatic carbocycles. The Labute approximate surface area is 82.8 Å². The van der Waals surface area contributed by atoms with Gasteiger partial charge in [0.1, 0.15) is 11.5 Å². The van der Waals surface area contributed by atoms with E-state index in [0.29, 0.717) is 5.88 Å². The summed E-state index contributed by atoms with van der Waals surface area (Å²) in [4.78, 5) is 0. The fraction of sp³-hybridized carbons (Fsp3) is 0.400. The number of unbranched alkanes of at least 4 members (excludes halogenated alkanes) is 1. The first-order valence-electron chi connectivity index (χ1n) is 4.30. The van der Waals surface area contributed by atoms with Crippen LogP contribution >= 0.6 is 11.6 Å². The molecule has 0 radical (unpaired) electrons. The van der Waals surface area contributed by atoms with E-state index in [1.165, 1.54) is 6.07 Å². The predicted octanol–water partition coefficient (Wildman–Crippen LogP) is 2.66. The number of benzene rings is 1. The first kappa shape index (κ1) is 10.2. The number of alkyl halides is 1. The van der Waals surface area contributed by atoms with Gasteiger partial charge in [-0.15, -0.1) is 11.6 Å². The van der Waals surface area contributed by atoms with E-state index in [4.69, 9.17) is 21.8 Å². The van der Waals surface area contributed by atoms with Gasteiger partial charge in [-0.2, -0.15) is 0 Å². The lowest BCUT2D eigenvalue weighted by Crippen LogP contribution is -1.86. The van der Waals surface area contributed by atoms with E-state index in [9.17, 15) is 0 Å². The molecule has 1 aromatic rings. The Kier molecular flexibility index (Phi) is 3.90. The summed E-state index contributed by atoms with van der Waals surface area (Å²) < 4.78 is 0. The highest BCUT2D eigenvalue weighted by molar-refractivity contribution is 6.17. The molecule has 0 saturated heterocycles. The molecular formula is C10H13ClO2. The van der Waals surface area contributed by atoms with Crippen LogP contribution in [0.25, 0.3) is 0 Å². The molecule has 72 valence electrons. The summed E-state index contributed by atoms with van der Waals surface area (Å²) in [5, 5.41) is 18.3. The third kappa shape index (κ3) is 3.55. The molecule has 0 aromatic heterocycles. The van der Waals surface area contributed by atoms with Crippen molar-refractivity contribution < 1.29 is 10.2 Å². The summed E-state index contributed by atoms with van der Waals surface area (Å²) >= 11 is 5.53. The average molecular weight is 201 g/mol. The van der Waals surface area contributed by atoms with E-state index < -0.39 is 0 Å². The van der Waals surface area contributed by atoms with Crippen molar-refractivity contribution in [1.82, 2.24) is 0 Å². The van der Waals surface area contributed by atoms with Gasteiger partial charge in [-0.25, -0.2) is 0 Å². The van der Waals surface area contributed by atoms with Crippen LogP contribution in [0.15, 0.2) is 18.2 Å². The minimum Gasteiger partial charge on any atom is -0.508 e. The number of rotatable bonds is 4. The zero-order valence-electron chi connectivity index (χ0n) is 7.33. The first-order chi connectivity index (χ1) is 6.22. The lowest BCUT2D eigenvalue weighted by atomic mass is 10.1. The van der Waals surface area contributed by atoms with Crippen LogP contribution in [0, 0.1) is 0 Å². The van der Waals surface area contributed by atoms with Gasteiger partial charge in [0, 0.05) is 11.9 Å². The molecule has 13 heavy (non-hydrogen) atoms. The SMILES string of the molecule is Oc1cc(O)cc(CCCCCl)c1. The van der Waals surface area contributed by atoms with E-state index in [-0.39, 0.29) is 11.5 Å². The highest BCUT2D eigenvalue weighted by atomic mass is 35.5. The van der Waals surface area contributed by atoms with Gasteiger partial charge in [-0.1, -0.05) is 0 Å². The van der Waals surface area contributed by atoms with Crippen LogP contribution in [0.1, 0.15) is 18.4 Å². The fourth-order valence-corrected chi connectivity index (χ4v) is 1.41. The molecule has 0 aliphatic heterocycles. The van der Waals surface area contributed by atoms with Gasteiger partial charge in [-0.3, -0.25) is 0 Å². The Hall–Kier alpha value is -0.890. The maximum atomic E-state index is 9.16. The van der Waals surface area contributed by atoms with Gasteiger partial charge < -0.3 is 10.2 Å². The summed E-state index contributed by atoms with van der Waals surface area (Å²) in [6.45, 7) is 0.